The summed E-state index contributed by atoms with van der Waals surface area (Å²) in [5, 5.41) is 0.770. The van der Waals surface area contributed by atoms with Crippen LogP contribution in [0.3, 0.4) is 0 Å². The Morgan fingerprint density at radius 3 is 2.52 bits per heavy atom. The zero-order valence-corrected chi connectivity index (χ0v) is 19.0. The van der Waals surface area contributed by atoms with Gasteiger partial charge >= 0.3 is 0 Å². The SMILES string of the molecule is CN(c1ccccc1)P1(=S)N(C)c2ccc(Cl)cc2C2c3ccccc3CCN21. The standard InChI is InChI=1S/C23H23ClN3PS/c1-25(19-9-4-3-5-10-19)28(29)26(2)22-13-12-18(24)16-21(22)23-20-11-7-6-8-17(20)14-15-27(23)28/h3-13,16,23H,14-15H2,1-2H3. The number of nitrogens with zero attached hydrogens (tertiary/aromatic N) is 3. The van der Waals surface area contributed by atoms with Crippen LogP contribution in [0.5, 0.6) is 0 Å². The average Bonchev–Trinajstić information content (AvgIpc) is 2.76. The zero-order chi connectivity index (χ0) is 20.2. The van der Waals surface area contributed by atoms with E-state index in [1.54, 1.807) is 0 Å². The Labute approximate surface area is 182 Å². The van der Waals surface area contributed by atoms with Crippen LogP contribution in [0, 0.1) is 0 Å². The van der Waals surface area contributed by atoms with Crippen molar-refractivity contribution in [3.8, 4) is 0 Å². The van der Waals surface area contributed by atoms with Crippen LogP contribution >= 0.6 is 18.1 Å². The quantitative estimate of drug-likeness (QED) is 0.446. The predicted molar refractivity (Wildman–Crippen MR) is 128 cm³/mol. The molecule has 0 radical (unpaired) electrons. The molecule has 0 aromatic heterocycles. The van der Waals surface area contributed by atoms with Gasteiger partial charge in [-0.05, 0) is 65.2 Å². The van der Waals surface area contributed by atoms with Crippen molar-refractivity contribution in [2.45, 2.75) is 12.5 Å². The Kier molecular flexibility index (Phi) is 4.71. The van der Waals surface area contributed by atoms with Gasteiger partial charge in [-0.15, -0.1) is 0 Å². The van der Waals surface area contributed by atoms with Crippen LogP contribution in [0.4, 0.5) is 11.4 Å². The Hall–Kier alpha value is -1.84. The fraction of sp³-hybridized carbons (Fsp3) is 0.217. The second-order valence-corrected chi connectivity index (χ2v) is 12.3. The summed E-state index contributed by atoms with van der Waals surface area (Å²) < 4.78 is 7.20. The van der Waals surface area contributed by atoms with E-state index in [4.69, 9.17) is 23.4 Å². The molecule has 6 heteroatoms. The Balaban J connectivity index is 1.75. The second-order valence-electron chi connectivity index (χ2n) is 7.61. The van der Waals surface area contributed by atoms with E-state index in [1.165, 1.54) is 22.4 Å². The third-order valence-corrected chi connectivity index (χ3v) is 11.6. The van der Waals surface area contributed by atoms with Gasteiger partial charge in [0.1, 0.15) is 0 Å². The normalized spacial score (nSPS) is 23.1. The molecule has 0 spiro atoms. The topological polar surface area (TPSA) is 9.72 Å². The summed E-state index contributed by atoms with van der Waals surface area (Å²) in [4.78, 5) is 0. The highest BCUT2D eigenvalue weighted by Gasteiger charge is 2.47. The number of para-hydroxylation sites is 1. The maximum atomic E-state index is 6.57. The van der Waals surface area contributed by atoms with Gasteiger partial charge in [-0.3, -0.25) is 0 Å². The van der Waals surface area contributed by atoms with Gasteiger partial charge in [-0.1, -0.05) is 54.1 Å². The summed E-state index contributed by atoms with van der Waals surface area (Å²) in [5.74, 6) is 0. The Bertz CT molecular complexity index is 1120. The molecule has 2 atom stereocenters. The average molecular weight is 440 g/mol. The predicted octanol–water partition coefficient (Wildman–Crippen LogP) is 6.10. The fourth-order valence-corrected chi connectivity index (χ4v) is 8.84. The van der Waals surface area contributed by atoms with E-state index in [9.17, 15) is 0 Å². The van der Waals surface area contributed by atoms with Gasteiger partial charge in [0, 0.05) is 37.0 Å². The molecule has 0 bridgehead atoms. The molecule has 0 fully saturated rings. The van der Waals surface area contributed by atoms with Crippen molar-refractivity contribution >= 4 is 41.3 Å². The van der Waals surface area contributed by atoms with Crippen LogP contribution in [0.1, 0.15) is 22.7 Å². The monoisotopic (exact) mass is 439 g/mol. The van der Waals surface area contributed by atoms with Crippen LogP contribution in [0.15, 0.2) is 72.8 Å². The van der Waals surface area contributed by atoms with E-state index in [0.717, 1.165) is 23.7 Å². The molecule has 5 rings (SSSR count). The lowest BCUT2D eigenvalue weighted by molar-refractivity contribution is 0.362. The summed E-state index contributed by atoms with van der Waals surface area (Å²) in [5.41, 5.74) is 6.34. The fourth-order valence-electron chi connectivity index (χ4n) is 4.68. The molecule has 0 aliphatic carbocycles. The third kappa shape index (κ3) is 2.85. The van der Waals surface area contributed by atoms with Crippen molar-refractivity contribution < 1.29 is 0 Å². The molecule has 0 saturated heterocycles. The van der Waals surface area contributed by atoms with Gasteiger partial charge in [-0.25, -0.2) is 4.67 Å². The van der Waals surface area contributed by atoms with Gasteiger partial charge < -0.3 is 9.34 Å². The molecule has 29 heavy (non-hydrogen) atoms. The number of hydrogen-bond acceptors (Lipinski definition) is 1. The molecule has 2 heterocycles. The van der Waals surface area contributed by atoms with Crippen molar-refractivity contribution in [2.24, 2.45) is 0 Å². The molecule has 148 valence electrons. The molecule has 0 amide bonds. The maximum absolute atomic E-state index is 6.57. The summed E-state index contributed by atoms with van der Waals surface area (Å²) in [6.07, 6.45) is 1.01. The molecule has 2 aliphatic rings. The van der Waals surface area contributed by atoms with Crippen LogP contribution in [-0.2, 0) is 18.2 Å². The summed E-state index contributed by atoms with van der Waals surface area (Å²) >= 11 is 13.0. The zero-order valence-electron chi connectivity index (χ0n) is 16.5. The van der Waals surface area contributed by atoms with E-state index in [2.05, 4.69) is 88.8 Å². The van der Waals surface area contributed by atoms with Crippen molar-refractivity contribution in [1.82, 2.24) is 4.67 Å². The molecule has 2 unspecified atom stereocenters. The molecular weight excluding hydrogens is 417 g/mol. The second kappa shape index (κ2) is 7.14. The van der Waals surface area contributed by atoms with Crippen molar-refractivity contribution in [2.75, 3.05) is 30.0 Å². The number of benzene rings is 3. The largest absolute Gasteiger partial charge is 0.320 e. The van der Waals surface area contributed by atoms with Gasteiger partial charge in [0.25, 0.3) is 0 Å². The van der Waals surface area contributed by atoms with Gasteiger partial charge in [-0.2, -0.15) is 0 Å². The molecule has 2 aliphatic heterocycles. The minimum atomic E-state index is -2.26. The van der Waals surface area contributed by atoms with Crippen LogP contribution in [-0.4, -0.2) is 25.3 Å². The van der Waals surface area contributed by atoms with Crippen LogP contribution in [0.25, 0.3) is 0 Å². The highest BCUT2D eigenvalue weighted by Crippen LogP contribution is 2.67. The van der Waals surface area contributed by atoms with E-state index in [-0.39, 0.29) is 6.04 Å². The third-order valence-electron chi connectivity index (χ3n) is 6.14. The number of rotatable bonds is 2. The Morgan fingerprint density at radius 1 is 1.00 bits per heavy atom. The van der Waals surface area contributed by atoms with Crippen molar-refractivity contribution in [1.29, 1.82) is 0 Å². The molecule has 0 saturated carbocycles. The first-order valence-corrected chi connectivity index (χ1v) is 12.8. The first-order valence-electron chi connectivity index (χ1n) is 9.79. The molecule has 3 nitrogen and oxygen atoms in total. The van der Waals surface area contributed by atoms with Crippen LogP contribution < -0.4 is 9.34 Å². The summed E-state index contributed by atoms with van der Waals surface area (Å²) in [7, 11) is 4.29. The first-order chi connectivity index (χ1) is 14.0. The number of halogens is 1. The number of fused-ring (bicyclic) bond motifs is 5. The Morgan fingerprint density at radius 2 is 1.72 bits per heavy atom. The van der Waals surface area contributed by atoms with Crippen molar-refractivity contribution in [3.05, 3.63) is 94.5 Å². The molecule has 0 N–H and O–H groups in total. The summed E-state index contributed by atoms with van der Waals surface area (Å²) in [6, 6.07) is 25.6. The summed E-state index contributed by atoms with van der Waals surface area (Å²) in [6.45, 7) is -1.32. The van der Waals surface area contributed by atoms with Gasteiger partial charge in [0.05, 0.1) is 6.04 Å². The molecular formula is C23H23ClN3PS. The lowest BCUT2D eigenvalue weighted by Gasteiger charge is -2.56. The lowest BCUT2D eigenvalue weighted by atomic mass is 9.89. The van der Waals surface area contributed by atoms with E-state index in [1.807, 2.05) is 12.1 Å². The molecule has 3 aromatic rings. The number of hydrogen-bond donors (Lipinski definition) is 0. The van der Waals surface area contributed by atoms with E-state index < -0.39 is 6.49 Å². The highest BCUT2D eigenvalue weighted by atomic mass is 35.5. The van der Waals surface area contributed by atoms with E-state index >= 15 is 0 Å². The lowest BCUT2D eigenvalue weighted by Crippen LogP contribution is -2.46. The smallest absolute Gasteiger partial charge is 0.194 e. The maximum Gasteiger partial charge on any atom is 0.194 e. The highest BCUT2D eigenvalue weighted by molar-refractivity contribution is 8.14. The minimum absolute atomic E-state index is 0.127. The number of anilines is 2. The van der Waals surface area contributed by atoms with Gasteiger partial charge in [0.2, 0.25) is 0 Å². The van der Waals surface area contributed by atoms with Crippen LogP contribution in [0.2, 0.25) is 5.02 Å². The van der Waals surface area contributed by atoms with Gasteiger partial charge in [0.15, 0.2) is 6.49 Å². The molecule has 3 aromatic carbocycles. The van der Waals surface area contributed by atoms with E-state index in [0.29, 0.717) is 0 Å². The minimum Gasteiger partial charge on any atom is -0.320 e. The first kappa shape index (κ1) is 19.1. The van der Waals surface area contributed by atoms with Crippen molar-refractivity contribution in [3.63, 3.8) is 0 Å².